The molecular formula is C11H24N2O2S. The fraction of sp³-hybridized carbons (Fsp3) is 0.909. The van der Waals surface area contributed by atoms with Crippen LogP contribution in [0.25, 0.3) is 0 Å². The highest BCUT2D eigenvalue weighted by atomic mass is 32.2. The van der Waals surface area contributed by atoms with Gasteiger partial charge < -0.3 is 10.0 Å². The van der Waals surface area contributed by atoms with Crippen LogP contribution in [-0.4, -0.2) is 73.2 Å². The molecule has 0 saturated carbocycles. The van der Waals surface area contributed by atoms with Gasteiger partial charge in [0.15, 0.2) is 0 Å². The van der Waals surface area contributed by atoms with Crippen LogP contribution in [-0.2, 0) is 4.79 Å². The van der Waals surface area contributed by atoms with Crippen LogP contribution < -0.4 is 0 Å². The predicted molar refractivity (Wildman–Crippen MR) is 70.2 cm³/mol. The Morgan fingerprint density at radius 2 is 1.88 bits per heavy atom. The molecule has 0 aliphatic heterocycles. The molecule has 0 spiro atoms. The van der Waals surface area contributed by atoms with E-state index < -0.39 is 5.97 Å². The molecule has 0 amide bonds. The molecule has 16 heavy (non-hydrogen) atoms. The molecule has 0 aliphatic rings. The van der Waals surface area contributed by atoms with Crippen LogP contribution in [0.1, 0.15) is 12.8 Å². The molecule has 96 valence electrons. The number of rotatable bonds is 10. The van der Waals surface area contributed by atoms with E-state index in [1.807, 2.05) is 30.8 Å². The molecule has 1 N–H and O–H groups in total. The number of hydrogen-bond donors (Lipinski definition) is 1. The number of carboxylic acids is 1. The summed E-state index contributed by atoms with van der Waals surface area (Å²) in [4.78, 5) is 14.8. The summed E-state index contributed by atoms with van der Waals surface area (Å²) < 4.78 is 0. The predicted octanol–water partition coefficient (Wildman–Crippen LogP) is 1.08. The zero-order valence-corrected chi connectivity index (χ0v) is 11.4. The summed E-state index contributed by atoms with van der Waals surface area (Å²) in [6.45, 7) is 2.79. The minimum Gasteiger partial charge on any atom is -0.480 e. The Morgan fingerprint density at radius 3 is 2.38 bits per heavy atom. The van der Waals surface area contributed by atoms with Gasteiger partial charge in [0.05, 0.1) is 6.54 Å². The van der Waals surface area contributed by atoms with Gasteiger partial charge in [0, 0.05) is 13.1 Å². The quantitative estimate of drug-likeness (QED) is 0.586. The average molecular weight is 248 g/mol. The first kappa shape index (κ1) is 15.7. The van der Waals surface area contributed by atoms with Gasteiger partial charge in [0.25, 0.3) is 0 Å². The summed E-state index contributed by atoms with van der Waals surface area (Å²) in [5.74, 6) is 0.429. The molecule has 0 aromatic rings. The van der Waals surface area contributed by atoms with E-state index in [0.717, 1.165) is 31.8 Å². The third kappa shape index (κ3) is 10.3. The van der Waals surface area contributed by atoms with Gasteiger partial charge in [0.2, 0.25) is 0 Å². The van der Waals surface area contributed by atoms with E-state index in [1.54, 1.807) is 0 Å². The molecule has 0 atom stereocenters. The normalized spacial score (nSPS) is 11.3. The molecule has 0 aromatic carbocycles. The molecule has 0 rings (SSSR count). The minimum atomic E-state index is -0.733. The standard InChI is InChI=1S/C11H24N2O2S/c1-12(2)7-8-13(10-11(14)15)6-4-5-9-16-3/h4-10H2,1-3H3,(H,14,15). The molecule has 0 bridgehead atoms. The lowest BCUT2D eigenvalue weighted by atomic mass is 10.3. The number of likely N-dealkylation sites (N-methyl/N-ethyl adjacent to an activating group) is 1. The third-order valence-electron chi connectivity index (χ3n) is 2.30. The Balaban J connectivity index is 3.76. The molecular weight excluding hydrogens is 224 g/mol. The van der Waals surface area contributed by atoms with Gasteiger partial charge >= 0.3 is 5.97 Å². The van der Waals surface area contributed by atoms with Gasteiger partial charge in [-0.25, -0.2) is 0 Å². The van der Waals surface area contributed by atoms with E-state index in [2.05, 4.69) is 11.2 Å². The highest BCUT2D eigenvalue weighted by Crippen LogP contribution is 2.01. The van der Waals surface area contributed by atoms with Crippen LogP contribution in [0.4, 0.5) is 0 Å². The summed E-state index contributed by atoms with van der Waals surface area (Å²) >= 11 is 1.84. The van der Waals surface area contributed by atoms with Crippen molar-refractivity contribution in [2.45, 2.75) is 12.8 Å². The van der Waals surface area contributed by atoms with Crippen LogP contribution in [0.5, 0.6) is 0 Å². The molecule has 4 nitrogen and oxygen atoms in total. The zero-order chi connectivity index (χ0) is 12.4. The van der Waals surface area contributed by atoms with Crippen molar-refractivity contribution in [2.24, 2.45) is 0 Å². The van der Waals surface area contributed by atoms with Crippen molar-refractivity contribution in [3.8, 4) is 0 Å². The van der Waals surface area contributed by atoms with E-state index in [-0.39, 0.29) is 6.54 Å². The fourth-order valence-corrected chi connectivity index (χ4v) is 1.88. The molecule has 0 fully saturated rings. The number of carboxylic acid groups (broad SMARTS) is 1. The Kier molecular flexibility index (Phi) is 9.77. The van der Waals surface area contributed by atoms with Crippen LogP contribution in [0, 0.1) is 0 Å². The molecule has 0 radical (unpaired) electrons. The van der Waals surface area contributed by atoms with Crippen molar-refractivity contribution in [3.05, 3.63) is 0 Å². The number of carbonyl (C=O) groups is 1. The Morgan fingerprint density at radius 1 is 1.19 bits per heavy atom. The monoisotopic (exact) mass is 248 g/mol. The molecule has 0 aliphatic carbocycles. The maximum Gasteiger partial charge on any atom is 0.317 e. The van der Waals surface area contributed by atoms with E-state index in [0.29, 0.717) is 0 Å². The number of hydrogen-bond acceptors (Lipinski definition) is 4. The lowest BCUT2D eigenvalue weighted by Crippen LogP contribution is -2.36. The SMILES string of the molecule is CSCCCCN(CCN(C)C)CC(=O)O. The first-order chi connectivity index (χ1) is 7.56. The van der Waals surface area contributed by atoms with E-state index in [9.17, 15) is 4.79 Å². The van der Waals surface area contributed by atoms with Gasteiger partial charge in [-0.2, -0.15) is 11.8 Å². The summed E-state index contributed by atoms with van der Waals surface area (Å²) in [5, 5.41) is 8.79. The lowest BCUT2D eigenvalue weighted by Gasteiger charge is -2.22. The number of thioether (sulfide) groups is 1. The van der Waals surface area contributed by atoms with Gasteiger partial charge in [0.1, 0.15) is 0 Å². The fourth-order valence-electron chi connectivity index (χ4n) is 1.38. The van der Waals surface area contributed by atoms with Crippen LogP contribution in [0.3, 0.4) is 0 Å². The van der Waals surface area contributed by atoms with E-state index in [4.69, 9.17) is 5.11 Å². The summed E-state index contributed by atoms with van der Waals surface area (Å²) in [7, 11) is 4.01. The maximum absolute atomic E-state index is 10.7. The maximum atomic E-state index is 10.7. The van der Waals surface area contributed by atoms with Crippen molar-refractivity contribution in [3.63, 3.8) is 0 Å². The van der Waals surface area contributed by atoms with Crippen molar-refractivity contribution in [1.29, 1.82) is 0 Å². The minimum absolute atomic E-state index is 0.160. The first-order valence-corrected chi connectivity index (χ1v) is 7.03. The first-order valence-electron chi connectivity index (χ1n) is 5.64. The zero-order valence-electron chi connectivity index (χ0n) is 10.6. The molecule has 0 heterocycles. The largest absolute Gasteiger partial charge is 0.480 e. The van der Waals surface area contributed by atoms with Gasteiger partial charge in [-0.05, 0) is 45.5 Å². The molecule has 0 aromatic heterocycles. The van der Waals surface area contributed by atoms with Crippen molar-refractivity contribution in [2.75, 3.05) is 52.3 Å². The van der Waals surface area contributed by atoms with Crippen LogP contribution in [0.15, 0.2) is 0 Å². The van der Waals surface area contributed by atoms with E-state index in [1.165, 1.54) is 6.42 Å². The smallest absolute Gasteiger partial charge is 0.317 e. The number of aliphatic carboxylic acids is 1. The summed E-state index contributed by atoms with van der Waals surface area (Å²) in [6, 6.07) is 0. The van der Waals surface area contributed by atoms with Crippen molar-refractivity contribution in [1.82, 2.24) is 9.80 Å². The second-order valence-electron chi connectivity index (χ2n) is 4.17. The Labute approximate surface area is 103 Å². The lowest BCUT2D eigenvalue weighted by molar-refractivity contribution is -0.138. The molecule has 0 unspecified atom stereocenters. The van der Waals surface area contributed by atoms with Crippen LogP contribution in [0.2, 0.25) is 0 Å². The van der Waals surface area contributed by atoms with Crippen LogP contribution >= 0.6 is 11.8 Å². The second kappa shape index (κ2) is 9.93. The van der Waals surface area contributed by atoms with Gasteiger partial charge in [-0.1, -0.05) is 0 Å². The molecule has 5 heteroatoms. The van der Waals surface area contributed by atoms with Crippen molar-refractivity contribution >= 4 is 17.7 Å². The van der Waals surface area contributed by atoms with Gasteiger partial charge in [-0.3, -0.25) is 9.69 Å². The highest BCUT2D eigenvalue weighted by molar-refractivity contribution is 7.98. The average Bonchev–Trinajstić information content (AvgIpc) is 2.19. The Bertz CT molecular complexity index is 189. The number of nitrogens with zero attached hydrogens (tertiary/aromatic N) is 2. The topological polar surface area (TPSA) is 43.8 Å². The summed E-state index contributed by atoms with van der Waals surface area (Å²) in [6.07, 6.45) is 4.35. The van der Waals surface area contributed by atoms with Crippen molar-refractivity contribution < 1.29 is 9.90 Å². The Hall–Kier alpha value is -0.260. The van der Waals surface area contributed by atoms with Gasteiger partial charge in [-0.15, -0.1) is 0 Å². The summed E-state index contributed by atoms with van der Waals surface area (Å²) in [5.41, 5.74) is 0. The number of unbranched alkanes of at least 4 members (excludes halogenated alkanes) is 1. The second-order valence-corrected chi connectivity index (χ2v) is 5.16. The molecule has 0 saturated heterocycles. The van der Waals surface area contributed by atoms with E-state index >= 15 is 0 Å². The third-order valence-corrected chi connectivity index (χ3v) is 2.99. The highest BCUT2D eigenvalue weighted by Gasteiger charge is 2.09.